The summed E-state index contributed by atoms with van der Waals surface area (Å²) in [5.41, 5.74) is 1.01. The SMILES string of the molecule is CNCC(=O)NC(C)c1sc(C)nc1C. The van der Waals surface area contributed by atoms with Gasteiger partial charge < -0.3 is 10.6 Å². The summed E-state index contributed by atoms with van der Waals surface area (Å²) >= 11 is 1.64. The summed E-state index contributed by atoms with van der Waals surface area (Å²) in [6.45, 7) is 6.28. The molecular weight excluding hydrogens is 210 g/mol. The van der Waals surface area contributed by atoms with Crippen LogP contribution in [0.5, 0.6) is 0 Å². The number of hydrogen-bond donors (Lipinski definition) is 2. The average Bonchev–Trinajstić information content (AvgIpc) is 2.45. The van der Waals surface area contributed by atoms with Crippen LogP contribution in [-0.4, -0.2) is 24.5 Å². The van der Waals surface area contributed by atoms with E-state index >= 15 is 0 Å². The van der Waals surface area contributed by atoms with Gasteiger partial charge in [-0.25, -0.2) is 4.98 Å². The van der Waals surface area contributed by atoms with Crippen molar-refractivity contribution in [1.29, 1.82) is 0 Å². The fraction of sp³-hybridized carbons (Fsp3) is 0.600. The quantitative estimate of drug-likeness (QED) is 0.811. The second-order valence-corrected chi connectivity index (χ2v) is 4.74. The molecule has 15 heavy (non-hydrogen) atoms. The molecule has 0 aliphatic carbocycles. The molecule has 1 aromatic rings. The summed E-state index contributed by atoms with van der Waals surface area (Å²) in [5.74, 6) is 0.00968. The van der Waals surface area contributed by atoms with Crippen molar-refractivity contribution in [1.82, 2.24) is 15.6 Å². The van der Waals surface area contributed by atoms with Crippen molar-refractivity contribution in [3.05, 3.63) is 15.6 Å². The van der Waals surface area contributed by atoms with E-state index in [0.29, 0.717) is 6.54 Å². The van der Waals surface area contributed by atoms with E-state index in [4.69, 9.17) is 0 Å². The van der Waals surface area contributed by atoms with Gasteiger partial charge in [-0.15, -0.1) is 11.3 Å². The summed E-state index contributed by atoms with van der Waals surface area (Å²) < 4.78 is 0. The molecule has 0 saturated carbocycles. The maximum atomic E-state index is 11.4. The Morgan fingerprint density at radius 1 is 1.53 bits per heavy atom. The number of nitrogens with zero attached hydrogens (tertiary/aromatic N) is 1. The minimum atomic E-state index is 0.00968. The lowest BCUT2D eigenvalue weighted by Gasteiger charge is -2.12. The van der Waals surface area contributed by atoms with E-state index in [0.717, 1.165) is 15.6 Å². The summed E-state index contributed by atoms with van der Waals surface area (Å²) in [6, 6.07) is 0.0389. The minimum absolute atomic E-state index is 0.00968. The number of rotatable bonds is 4. The van der Waals surface area contributed by atoms with Gasteiger partial charge in [0.2, 0.25) is 5.91 Å². The molecule has 1 atom stereocenters. The zero-order valence-electron chi connectivity index (χ0n) is 9.55. The predicted octanol–water partition coefficient (Wildman–Crippen LogP) is 1.16. The molecule has 84 valence electrons. The number of thiazole rings is 1. The first-order valence-electron chi connectivity index (χ1n) is 4.92. The third-order valence-corrected chi connectivity index (χ3v) is 3.30. The van der Waals surface area contributed by atoms with E-state index in [2.05, 4.69) is 15.6 Å². The van der Waals surface area contributed by atoms with Crippen LogP contribution < -0.4 is 10.6 Å². The van der Waals surface area contributed by atoms with Crippen molar-refractivity contribution in [3.63, 3.8) is 0 Å². The Labute approximate surface area is 94.1 Å². The maximum Gasteiger partial charge on any atom is 0.234 e. The molecule has 1 amide bonds. The zero-order chi connectivity index (χ0) is 11.4. The summed E-state index contributed by atoms with van der Waals surface area (Å²) in [4.78, 5) is 16.8. The van der Waals surface area contributed by atoms with Gasteiger partial charge in [-0.1, -0.05) is 0 Å². The Morgan fingerprint density at radius 3 is 2.67 bits per heavy atom. The van der Waals surface area contributed by atoms with Crippen LogP contribution in [0.2, 0.25) is 0 Å². The van der Waals surface area contributed by atoms with E-state index in [1.165, 1.54) is 0 Å². The molecule has 5 heteroatoms. The lowest BCUT2D eigenvalue weighted by atomic mass is 10.2. The Balaban J connectivity index is 2.64. The Morgan fingerprint density at radius 2 is 2.20 bits per heavy atom. The highest BCUT2D eigenvalue weighted by atomic mass is 32.1. The van der Waals surface area contributed by atoms with Crippen LogP contribution in [-0.2, 0) is 4.79 Å². The predicted molar refractivity (Wildman–Crippen MR) is 62.1 cm³/mol. The van der Waals surface area contributed by atoms with Gasteiger partial charge in [0.05, 0.1) is 23.3 Å². The van der Waals surface area contributed by atoms with Gasteiger partial charge in [-0.3, -0.25) is 4.79 Å². The lowest BCUT2D eigenvalue weighted by molar-refractivity contribution is -0.120. The lowest BCUT2D eigenvalue weighted by Crippen LogP contribution is -2.33. The van der Waals surface area contributed by atoms with Crippen LogP contribution in [0.4, 0.5) is 0 Å². The molecule has 1 heterocycles. The molecule has 1 aromatic heterocycles. The summed E-state index contributed by atoms with van der Waals surface area (Å²) in [7, 11) is 1.76. The van der Waals surface area contributed by atoms with Crippen molar-refractivity contribution < 1.29 is 4.79 Å². The number of aryl methyl sites for hydroxylation is 2. The Kier molecular flexibility index (Phi) is 4.23. The molecule has 4 nitrogen and oxygen atoms in total. The molecule has 0 aliphatic heterocycles. The van der Waals surface area contributed by atoms with Crippen molar-refractivity contribution >= 4 is 17.2 Å². The van der Waals surface area contributed by atoms with Crippen LogP contribution in [0, 0.1) is 13.8 Å². The van der Waals surface area contributed by atoms with Gasteiger partial charge in [0.25, 0.3) is 0 Å². The molecule has 0 bridgehead atoms. The molecular formula is C10H17N3OS. The maximum absolute atomic E-state index is 11.4. The number of carbonyl (C=O) groups excluding carboxylic acids is 1. The highest BCUT2D eigenvalue weighted by Gasteiger charge is 2.14. The van der Waals surface area contributed by atoms with Crippen molar-refractivity contribution in [2.24, 2.45) is 0 Å². The molecule has 0 fully saturated rings. The third kappa shape index (κ3) is 3.28. The van der Waals surface area contributed by atoms with Gasteiger partial charge in [-0.2, -0.15) is 0 Å². The van der Waals surface area contributed by atoms with Crippen LogP contribution in [0.25, 0.3) is 0 Å². The van der Waals surface area contributed by atoms with E-state index in [1.807, 2.05) is 20.8 Å². The molecule has 1 rings (SSSR count). The highest BCUT2D eigenvalue weighted by molar-refractivity contribution is 7.11. The van der Waals surface area contributed by atoms with E-state index in [9.17, 15) is 4.79 Å². The fourth-order valence-electron chi connectivity index (χ4n) is 1.47. The van der Waals surface area contributed by atoms with Crippen LogP contribution >= 0.6 is 11.3 Å². The smallest absolute Gasteiger partial charge is 0.234 e. The number of amides is 1. The molecule has 0 radical (unpaired) electrons. The van der Waals surface area contributed by atoms with Gasteiger partial charge in [-0.05, 0) is 27.8 Å². The molecule has 0 aliphatic rings. The van der Waals surface area contributed by atoms with E-state index < -0.39 is 0 Å². The number of aromatic nitrogens is 1. The van der Waals surface area contributed by atoms with Gasteiger partial charge >= 0.3 is 0 Å². The normalized spacial score (nSPS) is 12.5. The first-order valence-corrected chi connectivity index (χ1v) is 5.74. The van der Waals surface area contributed by atoms with Gasteiger partial charge in [0, 0.05) is 4.88 Å². The monoisotopic (exact) mass is 227 g/mol. The summed E-state index contributed by atoms with van der Waals surface area (Å²) in [6.07, 6.45) is 0. The molecule has 0 saturated heterocycles. The molecule has 0 spiro atoms. The average molecular weight is 227 g/mol. The fourth-order valence-corrected chi connectivity index (χ4v) is 2.40. The van der Waals surface area contributed by atoms with E-state index in [1.54, 1.807) is 18.4 Å². The topological polar surface area (TPSA) is 54.0 Å². The zero-order valence-corrected chi connectivity index (χ0v) is 10.4. The Bertz CT molecular complexity index is 348. The standard InChI is InChI=1S/C10H17N3OS/c1-6-10(15-8(3)12-6)7(2)13-9(14)5-11-4/h7,11H,5H2,1-4H3,(H,13,14). The molecule has 0 aromatic carbocycles. The van der Waals surface area contributed by atoms with E-state index in [-0.39, 0.29) is 11.9 Å². The van der Waals surface area contributed by atoms with Crippen molar-refractivity contribution in [2.75, 3.05) is 13.6 Å². The second kappa shape index (κ2) is 5.23. The third-order valence-electron chi connectivity index (χ3n) is 2.05. The minimum Gasteiger partial charge on any atom is -0.348 e. The number of carbonyl (C=O) groups is 1. The first-order chi connectivity index (χ1) is 7.04. The summed E-state index contributed by atoms with van der Waals surface area (Å²) in [5, 5.41) is 6.78. The largest absolute Gasteiger partial charge is 0.348 e. The van der Waals surface area contributed by atoms with Gasteiger partial charge in [0.15, 0.2) is 0 Å². The second-order valence-electron chi connectivity index (χ2n) is 3.50. The van der Waals surface area contributed by atoms with Crippen LogP contribution in [0.1, 0.15) is 28.5 Å². The number of likely N-dealkylation sites (N-methyl/N-ethyl adjacent to an activating group) is 1. The van der Waals surface area contributed by atoms with Gasteiger partial charge in [0.1, 0.15) is 0 Å². The number of hydrogen-bond acceptors (Lipinski definition) is 4. The first kappa shape index (κ1) is 12.1. The molecule has 1 unspecified atom stereocenters. The Hall–Kier alpha value is -0.940. The number of nitrogens with one attached hydrogen (secondary N) is 2. The highest BCUT2D eigenvalue weighted by Crippen LogP contribution is 2.24. The van der Waals surface area contributed by atoms with Crippen LogP contribution in [0.3, 0.4) is 0 Å². The molecule has 2 N–H and O–H groups in total. The van der Waals surface area contributed by atoms with Crippen LogP contribution in [0.15, 0.2) is 0 Å². The van der Waals surface area contributed by atoms with Crippen molar-refractivity contribution in [2.45, 2.75) is 26.8 Å². The van der Waals surface area contributed by atoms with Crippen molar-refractivity contribution in [3.8, 4) is 0 Å².